The highest BCUT2D eigenvalue weighted by atomic mass is 28.4. The first-order chi connectivity index (χ1) is 4.21. The molecule has 0 aliphatic heterocycles. The molecule has 62 valence electrons. The summed E-state index contributed by atoms with van der Waals surface area (Å²) in [5.74, 6) is 0. The average molecular weight is 174 g/mol. The summed E-state index contributed by atoms with van der Waals surface area (Å²) in [4.78, 5) is 17.2. The molecule has 0 unspecified atom stereocenters. The summed E-state index contributed by atoms with van der Waals surface area (Å²) in [7, 11) is -3.49. The van der Waals surface area contributed by atoms with Gasteiger partial charge in [0.15, 0.2) is 0 Å². The topological polar surface area (TPSA) is 40.5 Å². The average Bonchev–Trinajstić information content (AvgIpc) is 1.57. The Morgan fingerprint density at radius 1 is 1.30 bits per heavy atom. The molecule has 0 bridgehead atoms. The maximum atomic E-state index is 11.4. The molecule has 0 radical (unpaired) electrons. The first-order valence-corrected chi connectivity index (χ1v) is 5.32. The monoisotopic (exact) mass is 174 g/mol. The molecule has 0 saturated carbocycles. The molecule has 0 amide bonds. The van der Waals surface area contributed by atoms with E-state index in [2.05, 4.69) is 0 Å². The van der Waals surface area contributed by atoms with Crippen LogP contribution in [-0.4, -0.2) is 24.3 Å². The quantitative estimate of drug-likeness (QED) is 0.613. The largest absolute Gasteiger partial charge is 0.411 e. The van der Waals surface area contributed by atoms with Crippen molar-refractivity contribution >= 4 is 8.56 Å². The van der Waals surface area contributed by atoms with E-state index in [0.717, 1.165) is 6.55 Å². The van der Waals surface area contributed by atoms with Crippen LogP contribution in [0.3, 0.4) is 0 Å². The van der Waals surface area contributed by atoms with Crippen molar-refractivity contribution in [1.82, 2.24) is 0 Å². The van der Waals surface area contributed by atoms with Crippen LogP contribution in [0, 0.1) is 0 Å². The van der Waals surface area contributed by atoms with Gasteiger partial charge in [-0.05, 0) is 12.6 Å². The fourth-order valence-corrected chi connectivity index (χ4v) is 1.14. The summed E-state index contributed by atoms with van der Waals surface area (Å²) in [6.07, 6.45) is -5.39. The number of halogens is 3. The second-order valence-electron chi connectivity index (χ2n) is 2.33. The third-order valence-corrected chi connectivity index (χ3v) is 2.08. The first-order valence-electron chi connectivity index (χ1n) is 2.72. The van der Waals surface area contributed by atoms with Gasteiger partial charge in [-0.2, -0.15) is 13.2 Å². The van der Waals surface area contributed by atoms with Crippen LogP contribution in [0.4, 0.5) is 13.2 Å². The maximum absolute atomic E-state index is 11.4. The van der Waals surface area contributed by atoms with Crippen LogP contribution in [-0.2, 0) is 0 Å². The van der Waals surface area contributed by atoms with Crippen molar-refractivity contribution in [3.05, 3.63) is 0 Å². The molecule has 0 heterocycles. The first kappa shape index (κ1) is 9.93. The fourth-order valence-electron chi connectivity index (χ4n) is 0.379. The van der Waals surface area contributed by atoms with Crippen molar-refractivity contribution in [3.63, 3.8) is 0 Å². The van der Waals surface area contributed by atoms with Gasteiger partial charge in [0.1, 0.15) is 0 Å². The predicted octanol–water partition coefficient (Wildman–Crippen LogP) is 0.995. The van der Waals surface area contributed by atoms with Gasteiger partial charge in [-0.25, -0.2) is 0 Å². The zero-order valence-corrected chi connectivity index (χ0v) is 6.44. The Kier molecular flexibility index (Phi) is 2.87. The van der Waals surface area contributed by atoms with Crippen LogP contribution in [0.2, 0.25) is 12.6 Å². The Morgan fingerprint density at radius 3 is 1.80 bits per heavy atom. The molecule has 0 spiro atoms. The lowest BCUT2D eigenvalue weighted by molar-refractivity contribution is -0.131. The number of rotatable bonds is 2. The molecular weight excluding hydrogens is 165 g/mol. The van der Waals surface area contributed by atoms with Crippen LogP contribution in [0.25, 0.3) is 0 Å². The molecule has 2 N–H and O–H groups in total. The molecular formula is C4H9F3O2Si. The highest BCUT2D eigenvalue weighted by Gasteiger charge is 2.32. The summed E-state index contributed by atoms with van der Waals surface area (Å²) < 4.78 is 34.2. The Morgan fingerprint density at radius 2 is 1.70 bits per heavy atom. The van der Waals surface area contributed by atoms with E-state index in [1.165, 1.54) is 0 Å². The lowest BCUT2D eigenvalue weighted by Crippen LogP contribution is -2.31. The van der Waals surface area contributed by atoms with Crippen LogP contribution in [0.15, 0.2) is 0 Å². The van der Waals surface area contributed by atoms with Gasteiger partial charge in [0.05, 0.1) is 0 Å². The minimum atomic E-state index is -4.28. The second kappa shape index (κ2) is 2.89. The predicted molar refractivity (Wildman–Crippen MR) is 31.5 cm³/mol. The van der Waals surface area contributed by atoms with Gasteiger partial charge in [-0.3, -0.25) is 0 Å². The Bertz CT molecular complexity index is 92.1. The van der Waals surface area contributed by atoms with Crippen LogP contribution in [0.1, 0.15) is 6.42 Å². The Hall–Kier alpha value is -0.0731. The molecule has 0 atom stereocenters. The van der Waals surface area contributed by atoms with Crippen molar-refractivity contribution in [1.29, 1.82) is 0 Å². The van der Waals surface area contributed by atoms with E-state index in [1.807, 2.05) is 0 Å². The van der Waals surface area contributed by atoms with Gasteiger partial charge < -0.3 is 9.59 Å². The molecule has 0 fully saturated rings. The van der Waals surface area contributed by atoms with Crippen molar-refractivity contribution in [2.75, 3.05) is 0 Å². The van der Waals surface area contributed by atoms with Gasteiger partial charge in [-0.1, -0.05) is 0 Å². The van der Waals surface area contributed by atoms with E-state index < -0.39 is 27.2 Å². The van der Waals surface area contributed by atoms with Crippen molar-refractivity contribution in [3.8, 4) is 0 Å². The van der Waals surface area contributed by atoms with E-state index in [0.29, 0.717) is 0 Å². The fraction of sp³-hybridized carbons (Fsp3) is 1.00. The van der Waals surface area contributed by atoms with Gasteiger partial charge in [0, 0.05) is 6.42 Å². The van der Waals surface area contributed by atoms with Crippen LogP contribution < -0.4 is 0 Å². The molecule has 6 heteroatoms. The third-order valence-electron chi connectivity index (χ3n) is 0.882. The van der Waals surface area contributed by atoms with Gasteiger partial charge >= 0.3 is 14.7 Å². The van der Waals surface area contributed by atoms with E-state index in [4.69, 9.17) is 9.59 Å². The lowest BCUT2D eigenvalue weighted by atomic mass is 10.5. The number of alkyl halides is 3. The van der Waals surface area contributed by atoms with Crippen LogP contribution in [0.5, 0.6) is 0 Å². The Balaban J connectivity index is 3.56. The minimum Gasteiger partial charge on any atom is -0.411 e. The molecule has 0 aromatic rings. The summed E-state index contributed by atoms with van der Waals surface area (Å²) in [5.41, 5.74) is 0. The third kappa shape index (κ3) is 7.93. The summed E-state index contributed by atoms with van der Waals surface area (Å²) in [5, 5.41) is 0. The second-order valence-corrected chi connectivity index (χ2v) is 5.27. The van der Waals surface area contributed by atoms with E-state index >= 15 is 0 Å². The van der Waals surface area contributed by atoms with Gasteiger partial charge in [0.2, 0.25) is 0 Å². The van der Waals surface area contributed by atoms with E-state index in [-0.39, 0.29) is 0 Å². The van der Waals surface area contributed by atoms with Crippen molar-refractivity contribution in [2.24, 2.45) is 0 Å². The molecule has 0 aliphatic carbocycles. The van der Waals surface area contributed by atoms with Gasteiger partial charge in [0.25, 0.3) is 0 Å². The van der Waals surface area contributed by atoms with E-state index in [1.54, 1.807) is 0 Å². The highest BCUT2D eigenvalue weighted by Crippen LogP contribution is 2.23. The van der Waals surface area contributed by atoms with Crippen molar-refractivity contribution in [2.45, 2.75) is 25.2 Å². The normalized spacial score (nSPS) is 13.8. The minimum absolute atomic E-state index is 0.545. The zero-order chi connectivity index (χ0) is 8.41. The highest BCUT2D eigenvalue weighted by molar-refractivity contribution is 6.63. The number of hydrogen-bond acceptors (Lipinski definition) is 2. The maximum Gasteiger partial charge on any atom is 0.389 e. The smallest absolute Gasteiger partial charge is 0.389 e. The number of hydrogen-bond donors (Lipinski definition) is 2. The zero-order valence-electron chi connectivity index (χ0n) is 5.44. The van der Waals surface area contributed by atoms with Gasteiger partial charge in [-0.15, -0.1) is 0 Å². The summed E-state index contributed by atoms with van der Waals surface area (Å²) in [6.45, 7) is 1.05. The molecule has 0 aromatic carbocycles. The molecule has 0 aliphatic rings. The molecule has 10 heavy (non-hydrogen) atoms. The summed E-state index contributed by atoms with van der Waals surface area (Å²) in [6, 6.07) is -0.545. The molecule has 0 rings (SSSR count). The molecule has 0 aromatic heterocycles. The standard InChI is InChI=1S/C4H9F3O2Si/c1-10(8,9)3-2-4(5,6)7/h8-9H,2-3H2,1H3. The lowest BCUT2D eigenvalue weighted by Gasteiger charge is -2.12. The Labute approximate surface area is 57.5 Å². The SMILES string of the molecule is C[Si](O)(O)CCC(F)(F)F. The van der Waals surface area contributed by atoms with Crippen LogP contribution >= 0.6 is 0 Å². The molecule has 0 saturated heterocycles. The van der Waals surface area contributed by atoms with E-state index in [9.17, 15) is 13.2 Å². The molecule has 2 nitrogen and oxygen atoms in total. The van der Waals surface area contributed by atoms with Crippen molar-refractivity contribution < 1.29 is 22.8 Å². The summed E-state index contributed by atoms with van der Waals surface area (Å²) >= 11 is 0.